The van der Waals surface area contributed by atoms with Crippen LogP contribution in [0.3, 0.4) is 0 Å². The van der Waals surface area contributed by atoms with Gasteiger partial charge in [0.25, 0.3) is 0 Å². The first-order chi connectivity index (χ1) is 9.13. The molecule has 0 unspecified atom stereocenters. The van der Waals surface area contributed by atoms with Crippen molar-refractivity contribution in [2.24, 2.45) is 0 Å². The highest BCUT2D eigenvalue weighted by molar-refractivity contribution is 5.75. The third kappa shape index (κ3) is 6.37. The quantitative estimate of drug-likeness (QED) is 0.655. The van der Waals surface area contributed by atoms with E-state index in [0.717, 1.165) is 44.2 Å². The number of carbonyl (C=O) groups is 1. The van der Waals surface area contributed by atoms with Crippen molar-refractivity contribution in [2.75, 3.05) is 13.6 Å². The van der Waals surface area contributed by atoms with Gasteiger partial charge in [-0.05, 0) is 43.4 Å². The molecule has 0 aliphatic rings. The summed E-state index contributed by atoms with van der Waals surface area (Å²) in [6, 6.07) is 6.59. The second-order valence-electron chi connectivity index (χ2n) is 5.00. The Morgan fingerprint density at radius 3 is 2.47 bits per heavy atom. The lowest BCUT2D eigenvalue weighted by atomic mass is 10.1. The fraction of sp³-hybridized carbons (Fsp3) is 0.562. The van der Waals surface area contributed by atoms with Gasteiger partial charge < -0.3 is 4.90 Å². The van der Waals surface area contributed by atoms with Crippen LogP contribution in [-0.4, -0.2) is 24.4 Å². The van der Waals surface area contributed by atoms with Crippen molar-refractivity contribution in [2.45, 2.75) is 45.4 Å². The van der Waals surface area contributed by atoms with Crippen LogP contribution in [0.5, 0.6) is 0 Å². The summed E-state index contributed by atoms with van der Waals surface area (Å²) < 4.78 is 12.7. The van der Waals surface area contributed by atoms with Crippen LogP contribution in [0.25, 0.3) is 0 Å². The summed E-state index contributed by atoms with van der Waals surface area (Å²) in [5, 5.41) is 0. The molecule has 19 heavy (non-hydrogen) atoms. The fourth-order valence-electron chi connectivity index (χ4n) is 1.97. The Hall–Kier alpha value is -1.38. The predicted octanol–water partition coefficient (Wildman–Crippen LogP) is 3.80. The van der Waals surface area contributed by atoms with E-state index < -0.39 is 0 Å². The molecule has 1 aromatic carbocycles. The molecular formula is C16H24FNO. The van der Waals surface area contributed by atoms with Crippen molar-refractivity contribution in [1.29, 1.82) is 0 Å². The Morgan fingerprint density at radius 1 is 1.16 bits per heavy atom. The summed E-state index contributed by atoms with van der Waals surface area (Å²) in [6.07, 6.45) is 5.57. The van der Waals surface area contributed by atoms with E-state index in [1.54, 1.807) is 0 Å². The first-order valence-corrected chi connectivity index (χ1v) is 7.12. The maximum atomic E-state index is 12.7. The minimum Gasteiger partial charge on any atom is -0.346 e. The molecule has 0 bridgehead atoms. The molecule has 0 aliphatic carbocycles. The number of hydrogen-bond donors (Lipinski definition) is 0. The third-order valence-electron chi connectivity index (χ3n) is 3.29. The Labute approximate surface area is 115 Å². The maximum absolute atomic E-state index is 12.7. The average Bonchev–Trinajstić information content (AvgIpc) is 2.42. The van der Waals surface area contributed by atoms with E-state index in [4.69, 9.17) is 0 Å². The number of aryl methyl sites for hydroxylation is 1. The van der Waals surface area contributed by atoms with E-state index in [9.17, 15) is 9.18 Å². The summed E-state index contributed by atoms with van der Waals surface area (Å²) in [7, 11) is 1.87. The molecular weight excluding hydrogens is 241 g/mol. The van der Waals surface area contributed by atoms with Crippen molar-refractivity contribution in [3.8, 4) is 0 Å². The maximum Gasteiger partial charge on any atom is 0.222 e. The number of carbonyl (C=O) groups excluding carboxylic acids is 1. The van der Waals surface area contributed by atoms with Crippen LogP contribution in [0, 0.1) is 5.82 Å². The van der Waals surface area contributed by atoms with E-state index in [0.29, 0.717) is 6.42 Å². The summed E-state index contributed by atoms with van der Waals surface area (Å²) in [6.45, 7) is 2.98. The Kier molecular flexibility index (Phi) is 7.16. The molecule has 0 aromatic heterocycles. The van der Waals surface area contributed by atoms with Crippen LogP contribution in [0.4, 0.5) is 4.39 Å². The molecule has 0 aliphatic heterocycles. The molecule has 0 spiro atoms. The van der Waals surface area contributed by atoms with Gasteiger partial charge in [-0.25, -0.2) is 4.39 Å². The zero-order chi connectivity index (χ0) is 14.1. The smallest absolute Gasteiger partial charge is 0.222 e. The normalized spacial score (nSPS) is 10.5. The molecule has 3 heteroatoms. The van der Waals surface area contributed by atoms with E-state index in [2.05, 4.69) is 6.92 Å². The van der Waals surface area contributed by atoms with Crippen molar-refractivity contribution in [3.63, 3.8) is 0 Å². The van der Waals surface area contributed by atoms with Crippen molar-refractivity contribution < 1.29 is 9.18 Å². The van der Waals surface area contributed by atoms with Gasteiger partial charge in [-0.2, -0.15) is 0 Å². The van der Waals surface area contributed by atoms with Gasteiger partial charge in [0.15, 0.2) is 0 Å². The first-order valence-electron chi connectivity index (χ1n) is 7.12. The number of unbranched alkanes of at least 4 members (excludes halogenated alkanes) is 2. The zero-order valence-corrected chi connectivity index (χ0v) is 12.0. The molecule has 0 saturated heterocycles. The van der Waals surface area contributed by atoms with Crippen molar-refractivity contribution >= 4 is 5.91 Å². The number of halogens is 1. The number of rotatable bonds is 8. The van der Waals surface area contributed by atoms with Gasteiger partial charge in [-0.1, -0.05) is 25.5 Å². The largest absolute Gasteiger partial charge is 0.346 e. The molecule has 1 rings (SSSR count). The summed E-state index contributed by atoms with van der Waals surface area (Å²) in [5.41, 5.74) is 1.13. The molecule has 1 amide bonds. The van der Waals surface area contributed by atoms with Gasteiger partial charge in [0.1, 0.15) is 5.82 Å². The second kappa shape index (κ2) is 8.68. The van der Waals surface area contributed by atoms with Gasteiger partial charge in [0.05, 0.1) is 0 Å². The molecule has 106 valence electrons. The van der Waals surface area contributed by atoms with Crippen LogP contribution in [-0.2, 0) is 11.2 Å². The summed E-state index contributed by atoms with van der Waals surface area (Å²) in [5.74, 6) is 0.0315. The molecule has 0 fully saturated rings. The van der Waals surface area contributed by atoms with Gasteiger partial charge >= 0.3 is 0 Å². The fourth-order valence-corrected chi connectivity index (χ4v) is 1.97. The highest BCUT2D eigenvalue weighted by Gasteiger charge is 2.07. The minimum absolute atomic E-state index is 0.198. The lowest BCUT2D eigenvalue weighted by molar-refractivity contribution is -0.130. The van der Waals surface area contributed by atoms with Crippen LogP contribution in [0.15, 0.2) is 24.3 Å². The van der Waals surface area contributed by atoms with E-state index in [-0.39, 0.29) is 11.7 Å². The SMILES string of the molecule is CCCCN(C)C(=O)CCCCc1ccc(F)cc1. The van der Waals surface area contributed by atoms with Gasteiger partial charge in [-0.3, -0.25) is 4.79 Å². The molecule has 0 radical (unpaired) electrons. The molecule has 0 atom stereocenters. The lowest BCUT2D eigenvalue weighted by Gasteiger charge is -2.16. The Bertz CT molecular complexity index is 375. The number of amides is 1. The average molecular weight is 265 g/mol. The lowest BCUT2D eigenvalue weighted by Crippen LogP contribution is -2.27. The highest BCUT2D eigenvalue weighted by Crippen LogP contribution is 2.09. The topological polar surface area (TPSA) is 20.3 Å². The second-order valence-corrected chi connectivity index (χ2v) is 5.00. The van der Waals surface area contributed by atoms with Crippen LogP contribution in [0.1, 0.15) is 44.6 Å². The first kappa shape index (κ1) is 15.7. The highest BCUT2D eigenvalue weighted by atomic mass is 19.1. The molecule has 2 nitrogen and oxygen atoms in total. The number of hydrogen-bond acceptors (Lipinski definition) is 1. The zero-order valence-electron chi connectivity index (χ0n) is 12.0. The van der Waals surface area contributed by atoms with Crippen LogP contribution < -0.4 is 0 Å². The molecule has 0 saturated carbocycles. The number of nitrogens with zero attached hydrogens (tertiary/aromatic N) is 1. The Morgan fingerprint density at radius 2 is 1.84 bits per heavy atom. The molecule has 0 heterocycles. The standard InChI is InChI=1S/C16H24FNO/c1-3-4-13-18(2)16(19)8-6-5-7-14-9-11-15(17)12-10-14/h9-12H,3-8,13H2,1-2H3. The van der Waals surface area contributed by atoms with Crippen molar-refractivity contribution in [3.05, 3.63) is 35.6 Å². The Balaban J connectivity index is 2.16. The van der Waals surface area contributed by atoms with Gasteiger partial charge in [0.2, 0.25) is 5.91 Å². The molecule has 1 aromatic rings. The van der Waals surface area contributed by atoms with E-state index in [1.807, 2.05) is 24.1 Å². The molecule has 0 N–H and O–H groups in total. The third-order valence-corrected chi connectivity index (χ3v) is 3.29. The van der Waals surface area contributed by atoms with E-state index >= 15 is 0 Å². The van der Waals surface area contributed by atoms with E-state index in [1.165, 1.54) is 12.1 Å². The summed E-state index contributed by atoms with van der Waals surface area (Å²) in [4.78, 5) is 13.6. The van der Waals surface area contributed by atoms with Crippen LogP contribution >= 0.6 is 0 Å². The monoisotopic (exact) mass is 265 g/mol. The predicted molar refractivity (Wildman–Crippen MR) is 76.5 cm³/mol. The van der Waals surface area contributed by atoms with Gasteiger partial charge in [-0.15, -0.1) is 0 Å². The van der Waals surface area contributed by atoms with Crippen LogP contribution in [0.2, 0.25) is 0 Å². The van der Waals surface area contributed by atoms with Gasteiger partial charge in [0, 0.05) is 20.0 Å². The number of benzene rings is 1. The summed E-state index contributed by atoms with van der Waals surface area (Å²) >= 11 is 0. The minimum atomic E-state index is -0.198. The van der Waals surface area contributed by atoms with Crippen molar-refractivity contribution in [1.82, 2.24) is 4.90 Å².